The Morgan fingerprint density at radius 2 is 2.03 bits per heavy atom. The molecule has 1 fully saturated rings. The molecule has 0 aliphatic heterocycles. The molecule has 0 aromatic carbocycles. The van der Waals surface area contributed by atoms with Crippen molar-refractivity contribution in [1.82, 2.24) is 15.5 Å². The molecule has 3 rings (SSSR count). The summed E-state index contributed by atoms with van der Waals surface area (Å²) in [6.07, 6.45) is 6.68. The van der Waals surface area contributed by atoms with Crippen LogP contribution in [-0.2, 0) is 14.3 Å². The zero-order chi connectivity index (χ0) is 22.1. The third kappa shape index (κ3) is 6.41. The van der Waals surface area contributed by atoms with Crippen LogP contribution < -0.4 is 10.6 Å². The van der Waals surface area contributed by atoms with Crippen molar-refractivity contribution in [3.63, 3.8) is 0 Å². The minimum absolute atomic E-state index is 0.126. The third-order valence-electron chi connectivity index (χ3n) is 5.33. The van der Waals surface area contributed by atoms with Gasteiger partial charge in [0, 0.05) is 24.6 Å². The van der Waals surface area contributed by atoms with E-state index in [-0.39, 0.29) is 43.3 Å². The molecule has 3 amide bonds. The largest absolute Gasteiger partial charge is 0.459 e. The van der Waals surface area contributed by atoms with E-state index >= 15 is 0 Å². The van der Waals surface area contributed by atoms with Gasteiger partial charge in [-0.15, -0.1) is 11.3 Å². The quantitative estimate of drug-likeness (QED) is 0.583. The van der Waals surface area contributed by atoms with Gasteiger partial charge in [0.15, 0.2) is 5.76 Å². The molecule has 2 aromatic heterocycles. The SMILES string of the molecule is COCCN(C(=O)CNC(=O)c1ccco1)[C@H](C(=O)NC1CCCCC1)c1cccs1. The van der Waals surface area contributed by atoms with E-state index in [1.165, 1.54) is 35.0 Å². The van der Waals surface area contributed by atoms with Crippen LogP contribution in [0.4, 0.5) is 0 Å². The molecule has 0 spiro atoms. The van der Waals surface area contributed by atoms with Gasteiger partial charge in [-0.2, -0.15) is 0 Å². The summed E-state index contributed by atoms with van der Waals surface area (Å²) in [5.74, 6) is -0.921. The molecule has 168 valence electrons. The van der Waals surface area contributed by atoms with Crippen LogP contribution in [0, 0.1) is 0 Å². The van der Waals surface area contributed by atoms with Crippen LogP contribution >= 0.6 is 11.3 Å². The highest BCUT2D eigenvalue weighted by molar-refractivity contribution is 7.10. The zero-order valence-corrected chi connectivity index (χ0v) is 18.5. The molecule has 31 heavy (non-hydrogen) atoms. The fourth-order valence-electron chi connectivity index (χ4n) is 3.74. The highest BCUT2D eigenvalue weighted by Gasteiger charge is 2.33. The third-order valence-corrected chi connectivity index (χ3v) is 6.25. The monoisotopic (exact) mass is 447 g/mol. The summed E-state index contributed by atoms with van der Waals surface area (Å²) in [6.45, 7) is 0.255. The molecule has 0 saturated heterocycles. The molecule has 1 aliphatic carbocycles. The van der Waals surface area contributed by atoms with Crippen LogP contribution in [-0.4, -0.2) is 55.5 Å². The maximum Gasteiger partial charge on any atom is 0.287 e. The molecule has 2 aromatic rings. The second kappa shape index (κ2) is 11.7. The summed E-state index contributed by atoms with van der Waals surface area (Å²) < 4.78 is 10.2. The Bertz CT molecular complexity index is 831. The van der Waals surface area contributed by atoms with Crippen molar-refractivity contribution in [1.29, 1.82) is 0 Å². The number of carbonyl (C=O) groups excluding carboxylic acids is 3. The van der Waals surface area contributed by atoms with Crippen LogP contribution in [0.15, 0.2) is 40.3 Å². The van der Waals surface area contributed by atoms with E-state index in [1.54, 1.807) is 13.2 Å². The van der Waals surface area contributed by atoms with E-state index in [0.717, 1.165) is 30.6 Å². The van der Waals surface area contributed by atoms with Crippen molar-refractivity contribution in [2.24, 2.45) is 0 Å². The van der Waals surface area contributed by atoms with Gasteiger partial charge in [0.05, 0.1) is 19.4 Å². The second-order valence-electron chi connectivity index (χ2n) is 7.50. The molecule has 2 heterocycles. The number of rotatable bonds is 10. The highest BCUT2D eigenvalue weighted by atomic mass is 32.1. The molecule has 1 saturated carbocycles. The zero-order valence-electron chi connectivity index (χ0n) is 17.7. The van der Waals surface area contributed by atoms with E-state index in [2.05, 4.69) is 10.6 Å². The highest BCUT2D eigenvalue weighted by Crippen LogP contribution is 2.27. The number of methoxy groups -OCH3 is 1. The molecular formula is C22H29N3O5S. The van der Waals surface area contributed by atoms with Gasteiger partial charge in [-0.25, -0.2) is 0 Å². The van der Waals surface area contributed by atoms with Crippen molar-refractivity contribution < 1.29 is 23.5 Å². The second-order valence-corrected chi connectivity index (χ2v) is 8.48. The first kappa shape index (κ1) is 23.0. The number of thiophene rings is 1. The van der Waals surface area contributed by atoms with Gasteiger partial charge in [-0.1, -0.05) is 25.3 Å². The number of carbonyl (C=O) groups is 3. The topological polar surface area (TPSA) is 101 Å². The molecule has 1 atom stereocenters. The van der Waals surface area contributed by atoms with Crippen LogP contribution in [0.25, 0.3) is 0 Å². The Morgan fingerprint density at radius 1 is 1.23 bits per heavy atom. The maximum atomic E-state index is 13.3. The lowest BCUT2D eigenvalue weighted by atomic mass is 9.95. The van der Waals surface area contributed by atoms with E-state index in [0.29, 0.717) is 0 Å². The Kier molecular flexibility index (Phi) is 8.66. The summed E-state index contributed by atoms with van der Waals surface area (Å²) >= 11 is 1.43. The molecule has 0 bridgehead atoms. The normalized spacial score (nSPS) is 15.3. The number of amides is 3. The van der Waals surface area contributed by atoms with Crippen LogP contribution in [0.5, 0.6) is 0 Å². The first-order chi connectivity index (χ1) is 15.1. The summed E-state index contributed by atoms with van der Waals surface area (Å²) in [6, 6.07) is 6.19. The summed E-state index contributed by atoms with van der Waals surface area (Å²) in [4.78, 5) is 40.8. The van der Waals surface area contributed by atoms with E-state index < -0.39 is 11.9 Å². The van der Waals surface area contributed by atoms with Gasteiger partial charge in [-0.05, 0) is 36.4 Å². The lowest BCUT2D eigenvalue weighted by molar-refractivity contribution is -0.141. The Balaban J connectivity index is 1.74. The van der Waals surface area contributed by atoms with E-state index in [1.807, 2.05) is 17.5 Å². The van der Waals surface area contributed by atoms with Gasteiger partial charge >= 0.3 is 0 Å². The molecule has 8 nitrogen and oxygen atoms in total. The van der Waals surface area contributed by atoms with Crippen molar-refractivity contribution in [3.05, 3.63) is 46.5 Å². The summed E-state index contributed by atoms with van der Waals surface area (Å²) in [5, 5.41) is 7.59. The first-order valence-corrected chi connectivity index (χ1v) is 11.4. The molecule has 0 unspecified atom stereocenters. The Morgan fingerprint density at radius 3 is 2.68 bits per heavy atom. The van der Waals surface area contributed by atoms with Gasteiger partial charge in [-0.3, -0.25) is 14.4 Å². The van der Waals surface area contributed by atoms with Crippen molar-refractivity contribution in [2.45, 2.75) is 44.2 Å². The summed E-state index contributed by atoms with van der Waals surface area (Å²) in [7, 11) is 1.55. The van der Waals surface area contributed by atoms with Crippen LogP contribution in [0.2, 0.25) is 0 Å². The van der Waals surface area contributed by atoms with Crippen molar-refractivity contribution in [2.75, 3.05) is 26.8 Å². The Hall–Kier alpha value is -2.65. The molecule has 1 aliphatic rings. The fraction of sp³-hybridized carbons (Fsp3) is 0.500. The van der Waals surface area contributed by atoms with E-state index in [9.17, 15) is 14.4 Å². The van der Waals surface area contributed by atoms with Crippen molar-refractivity contribution in [3.8, 4) is 0 Å². The smallest absolute Gasteiger partial charge is 0.287 e. The fourth-order valence-corrected chi connectivity index (χ4v) is 4.57. The molecular weight excluding hydrogens is 418 g/mol. The molecule has 2 N–H and O–H groups in total. The minimum atomic E-state index is -0.773. The van der Waals surface area contributed by atoms with Gasteiger partial charge in [0.1, 0.15) is 6.04 Å². The average molecular weight is 448 g/mol. The van der Waals surface area contributed by atoms with Crippen molar-refractivity contribution >= 4 is 29.1 Å². The van der Waals surface area contributed by atoms with Gasteiger partial charge in [0.25, 0.3) is 5.91 Å². The van der Waals surface area contributed by atoms with Gasteiger partial charge in [0.2, 0.25) is 11.8 Å². The summed E-state index contributed by atoms with van der Waals surface area (Å²) in [5.41, 5.74) is 0. The predicted octanol–water partition coefficient (Wildman–Crippen LogP) is 2.74. The number of nitrogens with one attached hydrogen (secondary N) is 2. The minimum Gasteiger partial charge on any atom is -0.459 e. The molecule has 0 radical (unpaired) electrons. The number of ether oxygens (including phenoxy) is 1. The van der Waals surface area contributed by atoms with Crippen LogP contribution in [0.3, 0.4) is 0 Å². The van der Waals surface area contributed by atoms with Crippen LogP contribution in [0.1, 0.15) is 53.6 Å². The average Bonchev–Trinajstić information content (AvgIpc) is 3.50. The number of nitrogens with zero attached hydrogens (tertiary/aromatic N) is 1. The van der Waals surface area contributed by atoms with Gasteiger partial charge < -0.3 is 24.7 Å². The Labute approximate surface area is 185 Å². The lowest BCUT2D eigenvalue weighted by Crippen LogP contribution is -2.50. The standard InChI is InChI=1S/C22H29N3O5S/c1-29-13-11-25(19(26)15-23-21(27)17-9-5-12-30-17)20(18-10-6-14-31-18)22(28)24-16-7-3-2-4-8-16/h5-6,9-10,12,14,16,20H,2-4,7-8,11,13,15H2,1H3,(H,23,27)(H,24,28)/t20-/m0/s1. The van der Waals surface area contributed by atoms with E-state index in [4.69, 9.17) is 9.15 Å². The lowest BCUT2D eigenvalue weighted by Gasteiger charge is -2.32. The number of hydrogen-bond donors (Lipinski definition) is 2. The predicted molar refractivity (Wildman–Crippen MR) is 117 cm³/mol. The molecule has 9 heteroatoms. The number of hydrogen-bond acceptors (Lipinski definition) is 6. The first-order valence-electron chi connectivity index (χ1n) is 10.5. The maximum absolute atomic E-state index is 13.3. The number of furan rings is 1.